The molecule has 3 heterocycles. The molecule has 0 fully saturated rings. The van der Waals surface area contributed by atoms with Crippen LogP contribution in [0.25, 0.3) is 10.3 Å². The number of anilines is 1. The first kappa shape index (κ1) is 37.9. The maximum atomic E-state index is 13.2. The number of carbonyl (C=O) groups excluding carboxylic acids is 4. The number of carbonyl (C=O) groups is 4. The van der Waals surface area contributed by atoms with Crippen molar-refractivity contribution in [1.29, 1.82) is 0 Å². The lowest BCUT2D eigenvalue weighted by atomic mass is 10.1. The minimum absolute atomic E-state index is 0.000914. The standard InChI is InChI=1S/C33H39N9O8S/c1-6-41-23(14-19(2)39-41)31(46)38-32-40(30-25(51-32)17-21(18-37-30)29(35)45)12-8-7-11-36-27-22(42(47)48)15-20(28(34)44)16-24(27)49-13-9-10-26(43)50-33(3,4)5/h7-8,14-18,36H,6,9-13H2,1-5H3,(H2,34,44)(H2,35,45)/b8-7+,38-32-. The molecule has 270 valence electrons. The number of hydrogen-bond donors (Lipinski definition) is 3. The zero-order valence-corrected chi connectivity index (χ0v) is 29.6. The molecule has 0 unspecified atom stereocenters. The van der Waals surface area contributed by atoms with Crippen LogP contribution in [0, 0.1) is 17.0 Å². The van der Waals surface area contributed by atoms with E-state index in [1.165, 1.54) is 12.3 Å². The fourth-order valence-corrected chi connectivity index (χ4v) is 5.88. The molecule has 0 bridgehead atoms. The molecule has 0 aliphatic carbocycles. The first-order valence-electron chi connectivity index (χ1n) is 15.9. The number of aromatic nitrogens is 4. The van der Waals surface area contributed by atoms with Crippen LogP contribution in [-0.2, 0) is 22.6 Å². The predicted octanol–water partition coefficient (Wildman–Crippen LogP) is 3.64. The Labute approximate surface area is 296 Å². The largest absolute Gasteiger partial charge is 0.491 e. The topological polar surface area (TPSA) is 242 Å². The summed E-state index contributed by atoms with van der Waals surface area (Å²) in [5, 5.41) is 19.3. The van der Waals surface area contributed by atoms with E-state index < -0.39 is 39.9 Å². The van der Waals surface area contributed by atoms with Crippen molar-refractivity contribution in [2.24, 2.45) is 16.5 Å². The highest BCUT2D eigenvalue weighted by Gasteiger charge is 2.23. The number of fused-ring (bicyclic) bond motifs is 1. The van der Waals surface area contributed by atoms with Gasteiger partial charge in [-0.3, -0.25) is 38.5 Å². The van der Waals surface area contributed by atoms with E-state index in [1.807, 2.05) is 6.92 Å². The van der Waals surface area contributed by atoms with Gasteiger partial charge in [0.25, 0.3) is 11.6 Å². The average molecular weight is 722 g/mol. The van der Waals surface area contributed by atoms with Crippen molar-refractivity contribution in [3.63, 3.8) is 0 Å². The van der Waals surface area contributed by atoms with Crippen LogP contribution in [0.5, 0.6) is 5.75 Å². The van der Waals surface area contributed by atoms with E-state index in [0.717, 1.165) is 17.4 Å². The molecule has 18 heteroatoms. The van der Waals surface area contributed by atoms with Crippen molar-refractivity contribution in [1.82, 2.24) is 19.3 Å². The molecule has 4 aromatic rings. The van der Waals surface area contributed by atoms with E-state index >= 15 is 0 Å². The fourth-order valence-electron chi connectivity index (χ4n) is 4.84. The number of nitro groups is 1. The number of primary amides is 2. The minimum atomic E-state index is -0.881. The van der Waals surface area contributed by atoms with E-state index in [-0.39, 0.29) is 55.1 Å². The molecule has 0 radical (unpaired) electrons. The maximum Gasteiger partial charge on any atom is 0.306 e. The molecular weight excluding hydrogens is 682 g/mol. The summed E-state index contributed by atoms with van der Waals surface area (Å²) in [5.74, 6) is -2.47. The van der Waals surface area contributed by atoms with E-state index in [0.29, 0.717) is 33.1 Å². The van der Waals surface area contributed by atoms with Crippen LogP contribution in [0.4, 0.5) is 11.4 Å². The molecule has 4 rings (SSSR count). The van der Waals surface area contributed by atoms with Crippen LogP contribution in [0.3, 0.4) is 0 Å². The number of amides is 3. The number of esters is 1. The third-order valence-electron chi connectivity index (χ3n) is 7.04. The Kier molecular flexibility index (Phi) is 12.0. The zero-order valence-electron chi connectivity index (χ0n) is 28.8. The quantitative estimate of drug-likeness (QED) is 0.0526. The molecule has 3 amide bonds. The molecule has 0 aliphatic heterocycles. The molecule has 1 aromatic carbocycles. The van der Waals surface area contributed by atoms with Crippen molar-refractivity contribution in [2.75, 3.05) is 18.5 Å². The summed E-state index contributed by atoms with van der Waals surface area (Å²) in [4.78, 5) is 69.5. The Bertz CT molecular complexity index is 2090. The number of pyridine rings is 1. The number of hydrogen-bond acceptors (Lipinski definition) is 12. The molecule has 0 atom stereocenters. The Morgan fingerprint density at radius 2 is 1.82 bits per heavy atom. The van der Waals surface area contributed by atoms with Crippen molar-refractivity contribution in [3.8, 4) is 5.75 Å². The number of nitrogens with one attached hydrogen (secondary N) is 1. The fraction of sp³-hybridized carbons (Fsp3) is 0.364. The van der Waals surface area contributed by atoms with Gasteiger partial charge in [0.1, 0.15) is 17.0 Å². The predicted molar refractivity (Wildman–Crippen MR) is 188 cm³/mol. The van der Waals surface area contributed by atoms with Gasteiger partial charge in [0, 0.05) is 43.9 Å². The zero-order chi connectivity index (χ0) is 37.5. The van der Waals surface area contributed by atoms with Gasteiger partial charge >= 0.3 is 5.97 Å². The number of ether oxygens (including phenoxy) is 2. The summed E-state index contributed by atoms with van der Waals surface area (Å²) in [6.07, 6.45) is 5.06. The second kappa shape index (κ2) is 16.2. The van der Waals surface area contributed by atoms with Crippen LogP contribution < -0.4 is 26.3 Å². The molecule has 0 aliphatic rings. The average Bonchev–Trinajstić information content (AvgIpc) is 3.60. The molecule has 17 nitrogen and oxygen atoms in total. The van der Waals surface area contributed by atoms with Crippen molar-refractivity contribution in [2.45, 2.75) is 66.2 Å². The second-order valence-electron chi connectivity index (χ2n) is 12.2. The van der Waals surface area contributed by atoms with Gasteiger partial charge in [0.2, 0.25) is 11.8 Å². The Balaban J connectivity index is 1.58. The molecular formula is C33H39N9O8S. The summed E-state index contributed by atoms with van der Waals surface area (Å²) in [6, 6.07) is 5.57. The van der Waals surface area contributed by atoms with E-state index in [1.54, 1.807) is 61.2 Å². The number of nitrogens with zero attached hydrogens (tertiary/aromatic N) is 6. The Morgan fingerprint density at radius 3 is 2.47 bits per heavy atom. The van der Waals surface area contributed by atoms with Gasteiger partial charge in [-0.05, 0) is 59.2 Å². The molecule has 0 saturated carbocycles. The second-order valence-corrected chi connectivity index (χ2v) is 13.2. The van der Waals surface area contributed by atoms with Crippen LogP contribution in [0.2, 0.25) is 0 Å². The molecule has 5 N–H and O–H groups in total. The van der Waals surface area contributed by atoms with Crippen LogP contribution in [-0.4, -0.2) is 66.7 Å². The van der Waals surface area contributed by atoms with Crippen molar-refractivity contribution >= 4 is 56.7 Å². The third kappa shape index (κ3) is 9.84. The number of aryl methyl sites for hydroxylation is 2. The third-order valence-corrected chi connectivity index (χ3v) is 8.05. The summed E-state index contributed by atoms with van der Waals surface area (Å²) >= 11 is 1.15. The summed E-state index contributed by atoms with van der Waals surface area (Å²) in [7, 11) is 0. The minimum Gasteiger partial charge on any atom is -0.491 e. The van der Waals surface area contributed by atoms with Crippen molar-refractivity contribution in [3.05, 3.63) is 80.0 Å². The smallest absolute Gasteiger partial charge is 0.306 e. The Morgan fingerprint density at radius 1 is 1.10 bits per heavy atom. The SMILES string of the molecule is CCn1nc(C)cc1C(=O)/N=c1\sc2cc(C(N)=O)cnc2n1C/C=C/CNc1c(OCCCC(=O)OC(C)(C)C)cc(C(N)=O)cc1[N+](=O)[O-]. The van der Waals surface area contributed by atoms with Gasteiger partial charge in [0.15, 0.2) is 16.1 Å². The van der Waals surface area contributed by atoms with E-state index in [2.05, 4.69) is 20.4 Å². The lowest BCUT2D eigenvalue weighted by Gasteiger charge is -2.19. The van der Waals surface area contributed by atoms with Gasteiger partial charge in [-0.15, -0.1) is 0 Å². The molecule has 0 spiro atoms. The lowest BCUT2D eigenvalue weighted by molar-refractivity contribution is -0.384. The van der Waals surface area contributed by atoms with Gasteiger partial charge in [-0.2, -0.15) is 10.1 Å². The van der Waals surface area contributed by atoms with E-state index in [9.17, 15) is 29.3 Å². The van der Waals surface area contributed by atoms with Crippen LogP contribution in [0.1, 0.15) is 77.4 Å². The Hall–Kier alpha value is -5.91. The number of nitrogens with two attached hydrogens (primary N) is 2. The number of nitro benzene ring substituents is 1. The lowest BCUT2D eigenvalue weighted by Crippen LogP contribution is -2.24. The summed E-state index contributed by atoms with van der Waals surface area (Å²) in [6.45, 7) is 9.62. The number of allylic oxidation sites excluding steroid dienone is 1. The number of rotatable bonds is 15. The summed E-state index contributed by atoms with van der Waals surface area (Å²) < 4.78 is 14.9. The number of benzene rings is 1. The monoisotopic (exact) mass is 721 g/mol. The summed E-state index contributed by atoms with van der Waals surface area (Å²) in [5.41, 5.74) is 11.3. The van der Waals surface area contributed by atoms with Crippen LogP contribution >= 0.6 is 11.3 Å². The van der Waals surface area contributed by atoms with Gasteiger partial charge in [-0.25, -0.2) is 4.98 Å². The maximum absolute atomic E-state index is 13.2. The molecule has 51 heavy (non-hydrogen) atoms. The molecule has 0 saturated heterocycles. The van der Waals surface area contributed by atoms with E-state index in [4.69, 9.17) is 20.9 Å². The molecule has 3 aromatic heterocycles. The highest BCUT2D eigenvalue weighted by atomic mass is 32.1. The van der Waals surface area contributed by atoms with Gasteiger partial charge in [-0.1, -0.05) is 23.5 Å². The normalized spacial score (nSPS) is 12.0. The first-order chi connectivity index (χ1) is 24.1. The van der Waals surface area contributed by atoms with Crippen molar-refractivity contribution < 1.29 is 33.6 Å². The van der Waals surface area contributed by atoms with Gasteiger partial charge < -0.3 is 26.3 Å². The highest BCUT2D eigenvalue weighted by molar-refractivity contribution is 7.16. The van der Waals surface area contributed by atoms with Gasteiger partial charge in [0.05, 0.1) is 27.5 Å². The number of thiazole rings is 1. The first-order valence-corrected chi connectivity index (χ1v) is 16.7. The van der Waals surface area contributed by atoms with Crippen LogP contribution in [0.15, 0.2) is 47.6 Å². The highest BCUT2D eigenvalue weighted by Crippen LogP contribution is 2.36.